The summed E-state index contributed by atoms with van der Waals surface area (Å²) in [6.07, 6.45) is -6.74. The number of ether oxygens (including phenoxy) is 2. The van der Waals surface area contributed by atoms with Crippen LogP contribution in [-0.2, 0) is 11.3 Å². The van der Waals surface area contributed by atoms with Crippen molar-refractivity contribution in [3.63, 3.8) is 0 Å². The zero-order chi connectivity index (χ0) is 21.2. The predicted octanol–water partition coefficient (Wildman–Crippen LogP) is 4.93. The van der Waals surface area contributed by atoms with Crippen molar-refractivity contribution in [3.8, 4) is 11.5 Å². The maximum absolute atomic E-state index is 14.2. The van der Waals surface area contributed by atoms with E-state index in [1.807, 2.05) is 0 Å². The summed E-state index contributed by atoms with van der Waals surface area (Å²) in [5.74, 6) is -1.83. The molecule has 4 nitrogen and oxygen atoms in total. The Morgan fingerprint density at radius 1 is 1.14 bits per heavy atom. The van der Waals surface area contributed by atoms with Crippen LogP contribution in [0.15, 0.2) is 42.5 Å². The molecule has 1 saturated heterocycles. The van der Waals surface area contributed by atoms with E-state index >= 15 is 0 Å². The van der Waals surface area contributed by atoms with Crippen molar-refractivity contribution >= 4 is 5.91 Å². The Kier molecular flexibility index (Phi) is 5.95. The average Bonchev–Trinajstić information content (AvgIpc) is 2.92. The molecule has 2 aromatic rings. The van der Waals surface area contributed by atoms with E-state index in [1.165, 1.54) is 29.2 Å². The minimum absolute atomic E-state index is 0.0409. The lowest BCUT2D eigenvalue weighted by Crippen LogP contribution is -2.29. The third-order valence-electron chi connectivity index (χ3n) is 4.51. The molecule has 9 heteroatoms. The van der Waals surface area contributed by atoms with Crippen molar-refractivity contribution in [3.05, 3.63) is 59.4 Å². The number of halogens is 5. The van der Waals surface area contributed by atoms with Gasteiger partial charge in [-0.1, -0.05) is 24.3 Å². The highest BCUT2D eigenvalue weighted by Gasteiger charge is 2.42. The minimum atomic E-state index is -4.81. The number of rotatable bonds is 6. The van der Waals surface area contributed by atoms with E-state index in [9.17, 15) is 26.7 Å². The normalized spacial score (nSPS) is 19.5. The maximum Gasteiger partial charge on any atom is 0.573 e. The van der Waals surface area contributed by atoms with Crippen molar-refractivity contribution < 1.29 is 36.2 Å². The minimum Gasteiger partial charge on any atom is -0.490 e. The number of alkyl halides is 4. The average molecular weight is 415 g/mol. The van der Waals surface area contributed by atoms with Crippen LogP contribution in [0.4, 0.5) is 22.0 Å². The third-order valence-corrected chi connectivity index (χ3v) is 4.51. The van der Waals surface area contributed by atoms with E-state index in [2.05, 4.69) is 4.74 Å². The second-order valence-electron chi connectivity index (χ2n) is 6.47. The number of hydrogen-bond donors (Lipinski definition) is 0. The molecule has 2 atom stereocenters. The highest BCUT2D eigenvalue weighted by atomic mass is 19.4. The molecule has 0 radical (unpaired) electrons. The molecule has 0 saturated carbocycles. The first-order valence-electron chi connectivity index (χ1n) is 8.90. The molecule has 2 aromatic carbocycles. The van der Waals surface area contributed by atoms with Crippen LogP contribution < -0.4 is 9.47 Å². The number of amides is 1. The molecule has 0 bridgehead atoms. The first-order chi connectivity index (χ1) is 13.7. The Bertz CT molecular complexity index is 869. The summed E-state index contributed by atoms with van der Waals surface area (Å²) < 4.78 is 74.4. The zero-order valence-corrected chi connectivity index (χ0v) is 15.4. The molecule has 29 heavy (non-hydrogen) atoms. The van der Waals surface area contributed by atoms with E-state index in [-0.39, 0.29) is 25.3 Å². The molecule has 1 aliphatic heterocycles. The quantitative estimate of drug-likeness (QED) is 0.628. The Hall–Kier alpha value is -2.84. The fraction of sp³-hybridized carbons (Fsp3) is 0.350. The van der Waals surface area contributed by atoms with Crippen molar-refractivity contribution in [2.45, 2.75) is 38.5 Å². The van der Waals surface area contributed by atoms with Gasteiger partial charge >= 0.3 is 6.36 Å². The molecule has 156 valence electrons. The number of nitrogens with zero attached hydrogens (tertiary/aromatic N) is 1. The fourth-order valence-electron chi connectivity index (χ4n) is 3.32. The number of likely N-dealkylation sites (tertiary alicyclic amines) is 1. The fourth-order valence-corrected chi connectivity index (χ4v) is 3.32. The van der Waals surface area contributed by atoms with Gasteiger partial charge in [0.05, 0.1) is 12.6 Å². The smallest absolute Gasteiger partial charge is 0.490 e. The van der Waals surface area contributed by atoms with Gasteiger partial charge in [-0.25, -0.2) is 8.78 Å². The molecule has 1 fully saturated rings. The van der Waals surface area contributed by atoms with Gasteiger partial charge in [-0.05, 0) is 30.7 Å². The summed E-state index contributed by atoms with van der Waals surface area (Å²) in [5.41, 5.74) is 0.818. The highest BCUT2D eigenvalue weighted by Crippen LogP contribution is 2.41. The monoisotopic (exact) mass is 415 g/mol. The molecule has 0 N–H and O–H groups in total. The molecule has 0 aliphatic carbocycles. The van der Waals surface area contributed by atoms with Crippen LogP contribution in [0.5, 0.6) is 11.5 Å². The van der Waals surface area contributed by atoms with Gasteiger partial charge in [0.15, 0.2) is 17.7 Å². The largest absolute Gasteiger partial charge is 0.573 e. The molecule has 0 spiro atoms. The van der Waals surface area contributed by atoms with Gasteiger partial charge in [-0.2, -0.15) is 0 Å². The Morgan fingerprint density at radius 2 is 1.83 bits per heavy atom. The number of benzene rings is 2. The van der Waals surface area contributed by atoms with Gasteiger partial charge in [-0.15, -0.1) is 13.2 Å². The van der Waals surface area contributed by atoms with Gasteiger partial charge in [0, 0.05) is 18.5 Å². The van der Waals surface area contributed by atoms with Gasteiger partial charge in [0.1, 0.15) is 5.75 Å². The van der Waals surface area contributed by atoms with Gasteiger partial charge in [-0.3, -0.25) is 4.79 Å². The molecule has 2 unspecified atom stereocenters. The molecular formula is C20H18F5NO3. The van der Waals surface area contributed by atoms with Crippen molar-refractivity contribution in [1.82, 2.24) is 4.90 Å². The van der Waals surface area contributed by atoms with Crippen LogP contribution in [0, 0.1) is 5.82 Å². The molecule has 1 amide bonds. The summed E-state index contributed by atoms with van der Waals surface area (Å²) in [7, 11) is 0. The molecule has 3 rings (SSSR count). The standard InChI is InChI=1S/C20H18F5NO3/c1-2-28-18-14(4-3-5-15(18)21)17-10-16(22)19(27)26(17)11-12-6-8-13(9-7-12)29-20(23,24)25/h3-9,16-17H,2,10-11H2,1H3. The predicted molar refractivity (Wildman–Crippen MR) is 93.5 cm³/mol. The number of hydrogen-bond acceptors (Lipinski definition) is 3. The van der Waals surface area contributed by atoms with E-state index in [4.69, 9.17) is 4.74 Å². The second kappa shape index (κ2) is 8.26. The molecule has 0 aromatic heterocycles. The van der Waals surface area contributed by atoms with E-state index < -0.39 is 36.0 Å². The van der Waals surface area contributed by atoms with Gasteiger partial charge in [0.2, 0.25) is 0 Å². The maximum atomic E-state index is 14.2. The molecular weight excluding hydrogens is 397 g/mol. The van der Waals surface area contributed by atoms with Crippen LogP contribution in [0.3, 0.4) is 0 Å². The van der Waals surface area contributed by atoms with Crippen molar-refractivity contribution in [2.75, 3.05) is 6.61 Å². The van der Waals surface area contributed by atoms with Crippen LogP contribution in [0.25, 0.3) is 0 Å². The number of carbonyl (C=O) groups is 1. The Morgan fingerprint density at radius 3 is 2.45 bits per heavy atom. The van der Waals surface area contributed by atoms with E-state index in [1.54, 1.807) is 13.0 Å². The third kappa shape index (κ3) is 4.78. The summed E-state index contributed by atoms with van der Waals surface area (Å²) in [6, 6.07) is 8.39. The summed E-state index contributed by atoms with van der Waals surface area (Å²) in [5, 5.41) is 0. The van der Waals surface area contributed by atoms with Crippen LogP contribution in [0.1, 0.15) is 30.5 Å². The lowest BCUT2D eigenvalue weighted by molar-refractivity contribution is -0.274. The van der Waals surface area contributed by atoms with Crippen molar-refractivity contribution in [1.29, 1.82) is 0 Å². The Balaban J connectivity index is 1.86. The lowest BCUT2D eigenvalue weighted by atomic mass is 10.0. The second-order valence-corrected chi connectivity index (χ2v) is 6.47. The summed E-state index contributed by atoms with van der Waals surface area (Å²) in [6.45, 7) is 1.81. The zero-order valence-electron chi connectivity index (χ0n) is 15.4. The van der Waals surface area contributed by atoms with Gasteiger partial charge in [0.25, 0.3) is 5.91 Å². The lowest BCUT2D eigenvalue weighted by Gasteiger charge is -2.26. The van der Waals surface area contributed by atoms with Crippen LogP contribution in [-0.4, -0.2) is 29.9 Å². The molecule has 1 heterocycles. The van der Waals surface area contributed by atoms with Crippen molar-refractivity contribution in [2.24, 2.45) is 0 Å². The first kappa shape index (κ1) is 20.9. The molecule has 1 aliphatic rings. The van der Waals surface area contributed by atoms with Crippen LogP contribution in [0.2, 0.25) is 0 Å². The number of carbonyl (C=O) groups excluding carboxylic acids is 1. The Labute approximate surface area is 163 Å². The highest BCUT2D eigenvalue weighted by molar-refractivity contribution is 5.84. The SMILES string of the molecule is CCOc1c(F)cccc1C1CC(F)C(=O)N1Cc1ccc(OC(F)(F)F)cc1. The summed E-state index contributed by atoms with van der Waals surface area (Å²) >= 11 is 0. The first-order valence-corrected chi connectivity index (χ1v) is 8.90. The topological polar surface area (TPSA) is 38.8 Å². The van der Waals surface area contributed by atoms with E-state index in [0.717, 1.165) is 12.1 Å². The van der Waals surface area contributed by atoms with E-state index in [0.29, 0.717) is 11.1 Å². The summed E-state index contributed by atoms with van der Waals surface area (Å²) in [4.78, 5) is 13.6. The number of para-hydroxylation sites is 1. The van der Waals surface area contributed by atoms with Crippen LogP contribution >= 0.6 is 0 Å². The van der Waals surface area contributed by atoms with Gasteiger partial charge < -0.3 is 14.4 Å².